The van der Waals surface area contributed by atoms with Crippen LogP contribution in [0.2, 0.25) is 0 Å². The quantitative estimate of drug-likeness (QED) is 0.583. The van der Waals surface area contributed by atoms with E-state index < -0.39 is 0 Å². The van der Waals surface area contributed by atoms with Gasteiger partial charge in [-0.05, 0) is 79.4 Å². The first kappa shape index (κ1) is 9.42. The minimum absolute atomic E-state index is 0.611. The van der Waals surface area contributed by atoms with E-state index in [-0.39, 0.29) is 0 Å². The Morgan fingerprint density at radius 3 is 1.94 bits per heavy atom. The van der Waals surface area contributed by atoms with Gasteiger partial charge in [0.2, 0.25) is 0 Å². The maximum Gasteiger partial charge on any atom is 0.0322 e. The molecule has 0 heterocycles. The van der Waals surface area contributed by atoms with E-state index >= 15 is 0 Å². The van der Waals surface area contributed by atoms with Crippen molar-refractivity contribution in [1.82, 2.24) is 0 Å². The lowest BCUT2D eigenvalue weighted by Gasteiger charge is -2.76. The SMILES string of the molecule is CC12CC3CC4C1CC1CC2C(C3)C4(Br)C1. The second-order valence-electron chi connectivity index (χ2n) is 7.94. The molecule has 4 atom stereocenters. The van der Waals surface area contributed by atoms with E-state index in [4.69, 9.17) is 0 Å². The minimum Gasteiger partial charge on any atom is -0.0847 e. The average molecular weight is 281 g/mol. The molecule has 0 aromatic heterocycles. The molecule has 7 rings (SSSR count). The van der Waals surface area contributed by atoms with Crippen molar-refractivity contribution in [2.24, 2.45) is 40.9 Å². The summed E-state index contributed by atoms with van der Waals surface area (Å²) < 4.78 is 0.611. The van der Waals surface area contributed by atoms with Gasteiger partial charge in [0.1, 0.15) is 0 Å². The van der Waals surface area contributed by atoms with Crippen molar-refractivity contribution < 1.29 is 0 Å². The van der Waals surface area contributed by atoms with E-state index in [2.05, 4.69) is 22.9 Å². The van der Waals surface area contributed by atoms with Gasteiger partial charge < -0.3 is 0 Å². The predicted octanol–water partition coefficient (Wildman–Crippen LogP) is 4.23. The molecule has 0 aliphatic heterocycles. The highest BCUT2D eigenvalue weighted by atomic mass is 79.9. The Labute approximate surface area is 107 Å². The lowest BCUT2D eigenvalue weighted by atomic mass is 9.31. The molecule has 88 valence electrons. The van der Waals surface area contributed by atoms with Crippen LogP contribution in [0.3, 0.4) is 0 Å². The number of hydrogen-bond donors (Lipinski definition) is 0. The standard InChI is InChI=1S/C15H21Br/c1-14-6-8-4-12-10(14)2-9-3-11(14)13(5-8)15(12,16)7-9/h8-13H,2-7H2,1H3. The molecule has 0 aromatic rings. The summed E-state index contributed by atoms with van der Waals surface area (Å²) in [6.07, 6.45) is 9.43. The molecule has 0 radical (unpaired) electrons. The van der Waals surface area contributed by atoms with Gasteiger partial charge in [0.05, 0.1) is 0 Å². The molecular weight excluding hydrogens is 260 g/mol. The summed E-state index contributed by atoms with van der Waals surface area (Å²) in [5.41, 5.74) is 0.769. The van der Waals surface area contributed by atoms with Crippen LogP contribution in [-0.4, -0.2) is 4.32 Å². The van der Waals surface area contributed by atoms with Gasteiger partial charge in [0.25, 0.3) is 0 Å². The lowest BCUT2D eigenvalue weighted by molar-refractivity contribution is -0.232. The summed E-state index contributed by atoms with van der Waals surface area (Å²) in [6.45, 7) is 2.67. The van der Waals surface area contributed by atoms with E-state index in [1.165, 1.54) is 6.42 Å². The van der Waals surface area contributed by atoms with E-state index in [0.29, 0.717) is 4.32 Å². The average Bonchev–Trinajstić information content (AvgIpc) is 2.24. The normalized spacial score (nSPS) is 73.9. The molecule has 0 nitrogen and oxygen atoms in total. The van der Waals surface area contributed by atoms with Gasteiger partial charge in [-0.25, -0.2) is 0 Å². The molecule has 0 N–H and O–H groups in total. The largest absolute Gasteiger partial charge is 0.0847 e. The summed E-state index contributed by atoms with van der Waals surface area (Å²) in [4.78, 5) is 0. The molecule has 7 saturated carbocycles. The third-order valence-corrected chi connectivity index (χ3v) is 9.08. The van der Waals surface area contributed by atoms with E-state index in [1.807, 2.05) is 0 Å². The van der Waals surface area contributed by atoms with Gasteiger partial charge in [-0.3, -0.25) is 0 Å². The minimum atomic E-state index is 0.611. The van der Waals surface area contributed by atoms with Gasteiger partial charge in [-0.1, -0.05) is 22.9 Å². The molecule has 7 aliphatic rings. The Morgan fingerprint density at radius 2 is 1.31 bits per heavy atom. The molecule has 0 spiro atoms. The summed E-state index contributed by atoms with van der Waals surface area (Å²) in [6, 6.07) is 0. The number of halogens is 1. The zero-order chi connectivity index (χ0) is 10.7. The maximum absolute atomic E-state index is 4.27. The lowest BCUT2D eigenvalue weighted by Crippen LogP contribution is -2.72. The highest BCUT2D eigenvalue weighted by Crippen LogP contribution is 2.78. The third kappa shape index (κ3) is 0.769. The first-order valence-corrected chi connectivity index (χ1v) is 8.09. The molecule has 7 aliphatic carbocycles. The number of rotatable bonds is 0. The second kappa shape index (κ2) is 2.44. The fourth-order valence-electron chi connectivity index (χ4n) is 7.36. The van der Waals surface area contributed by atoms with Crippen molar-refractivity contribution in [3.05, 3.63) is 0 Å². The summed E-state index contributed by atoms with van der Waals surface area (Å²) >= 11 is 4.27. The van der Waals surface area contributed by atoms with Gasteiger partial charge in [-0.15, -0.1) is 0 Å². The predicted molar refractivity (Wildman–Crippen MR) is 68.4 cm³/mol. The van der Waals surface area contributed by atoms with Crippen LogP contribution in [0.15, 0.2) is 0 Å². The topological polar surface area (TPSA) is 0 Å². The van der Waals surface area contributed by atoms with Crippen LogP contribution in [0.1, 0.15) is 45.4 Å². The molecule has 7 fully saturated rings. The smallest absolute Gasteiger partial charge is 0.0322 e. The summed E-state index contributed by atoms with van der Waals surface area (Å²) in [5.74, 6) is 6.50. The first-order chi connectivity index (χ1) is 7.61. The fraction of sp³-hybridized carbons (Fsp3) is 1.00. The van der Waals surface area contributed by atoms with Gasteiger partial charge in [-0.2, -0.15) is 0 Å². The highest BCUT2D eigenvalue weighted by Gasteiger charge is 2.72. The van der Waals surface area contributed by atoms with Crippen molar-refractivity contribution >= 4 is 15.9 Å². The Kier molecular flexibility index (Phi) is 1.44. The van der Waals surface area contributed by atoms with Crippen molar-refractivity contribution in [3.63, 3.8) is 0 Å². The number of alkyl halides is 1. The zero-order valence-corrected chi connectivity index (χ0v) is 11.7. The molecule has 16 heavy (non-hydrogen) atoms. The number of hydrogen-bond acceptors (Lipinski definition) is 0. The maximum atomic E-state index is 4.27. The van der Waals surface area contributed by atoms with Crippen molar-refractivity contribution in [1.29, 1.82) is 0 Å². The van der Waals surface area contributed by atoms with Crippen LogP contribution >= 0.6 is 15.9 Å². The second-order valence-corrected chi connectivity index (χ2v) is 9.42. The summed E-state index contributed by atoms with van der Waals surface area (Å²) in [5, 5.41) is 0. The van der Waals surface area contributed by atoms with Crippen molar-refractivity contribution in [3.8, 4) is 0 Å². The fourth-order valence-corrected chi connectivity index (χ4v) is 8.83. The first-order valence-electron chi connectivity index (χ1n) is 7.30. The molecule has 4 unspecified atom stereocenters. The zero-order valence-electron chi connectivity index (χ0n) is 10.1. The van der Waals surface area contributed by atoms with Crippen LogP contribution in [0.4, 0.5) is 0 Å². The van der Waals surface area contributed by atoms with Crippen LogP contribution in [0.25, 0.3) is 0 Å². The third-order valence-electron chi connectivity index (χ3n) is 7.58. The molecule has 0 saturated heterocycles. The summed E-state index contributed by atoms with van der Waals surface area (Å²) in [7, 11) is 0. The van der Waals surface area contributed by atoms with Crippen LogP contribution in [-0.2, 0) is 0 Å². The monoisotopic (exact) mass is 280 g/mol. The Hall–Kier alpha value is 0.480. The van der Waals surface area contributed by atoms with E-state index in [1.54, 1.807) is 32.1 Å². The molecule has 0 aromatic carbocycles. The van der Waals surface area contributed by atoms with Crippen molar-refractivity contribution in [2.75, 3.05) is 0 Å². The van der Waals surface area contributed by atoms with Gasteiger partial charge in [0.15, 0.2) is 0 Å². The van der Waals surface area contributed by atoms with Crippen LogP contribution < -0.4 is 0 Å². The highest BCUT2D eigenvalue weighted by molar-refractivity contribution is 9.10. The molecule has 1 heteroatoms. The van der Waals surface area contributed by atoms with Crippen LogP contribution in [0.5, 0.6) is 0 Å². The van der Waals surface area contributed by atoms with E-state index in [0.717, 1.165) is 40.9 Å². The van der Waals surface area contributed by atoms with Gasteiger partial charge >= 0.3 is 0 Å². The Morgan fingerprint density at radius 1 is 0.812 bits per heavy atom. The van der Waals surface area contributed by atoms with E-state index in [9.17, 15) is 0 Å². The Balaban J connectivity index is 1.76. The van der Waals surface area contributed by atoms with Crippen molar-refractivity contribution in [2.45, 2.75) is 49.8 Å². The molecule has 0 amide bonds. The molecule has 8 bridgehead atoms. The van der Waals surface area contributed by atoms with Gasteiger partial charge in [0, 0.05) is 4.32 Å². The van der Waals surface area contributed by atoms with Crippen LogP contribution in [0, 0.1) is 40.9 Å². The molecular formula is C15H21Br. The Bertz CT molecular complexity index is 314.